The molecule has 6 nitrogen and oxygen atoms in total. The number of hydrogen-bond acceptors (Lipinski definition) is 4. The van der Waals surface area contributed by atoms with E-state index in [1.807, 2.05) is 0 Å². The predicted molar refractivity (Wildman–Crippen MR) is 51.4 cm³/mol. The SMILES string of the molecule is NS(=O)(=O)c1ccc2c(c1)[C@H](O)C(=O)N2. The zero-order chi connectivity index (χ0) is 11.2. The van der Waals surface area contributed by atoms with E-state index in [2.05, 4.69) is 5.32 Å². The minimum absolute atomic E-state index is 0.128. The Kier molecular flexibility index (Phi) is 2.03. The maximum Gasteiger partial charge on any atom is 0.257 e. The lowest BCUT2D eigenvalue weighted by Gasteiger charge is -2.03. The molecular weight excluding hydrogens is 220 g/mol. The van der Waals surface area contributed by atoms with Gasteiger partial charge in [-0.15, -0.1) is 0 Å². The van der Waals surface area contributed by atoms with Gasteiger partial charge in [0.1, 0.15) is 0 Å². The number of nitrogens with two attached hydrogens (primary N) is 1. The maximum atomic E-state index is 11.1. The Balaban J connectivity index is 2.58. The average molecular weight is 228 g/mol. The van der Waals surface area contributed by atoms with E-state index in [0.29, 0.717) is 5.69 Å². The van der Waals surface area contributed by atoms with Crippen LogP contribution >= 0.6 is 0 Å². The van der Waals surface area contributed by atoms with Gasteiger partial charge in [0.25, 0.3) is 5.91 Å². The first-order chi connectivity index (χ1) is 6.89. The molecule has 0 aromatic heterocycles. The van der Waals surface area contributed by atoms with Gasteiger partial charge in [0.2, 0.25) is 10.0 Å². The van der Waals surface area contributed by atoms with Gasteiger partial charge in [-0.2, -0.15) is 0 Å². The van der Waals surface area contributed by atoms with E-state index >= 15 is 0 Å². The molecule has 2 rings (SSSR count). The van der Waals surface area contributed by atoms with Crippen molar-refractivity contribution in [2.75, 3.05) is 5.32 Å². The number of carbonyl (C=O) groups excluding carboxylic acids is 1. The quantitative estimate of drug-likeness (QED) is 0.591. The fourth-order valence-electron chi connectivity index (χ4n) is 1.40. The second-order valence-corrected chi connectivity index (χ2v) is 4.75. The summed E-state index contributed by atoms with van der Waals surface area (Å²) in [7, 11) is -3.82. The Morgan fingerprint density at radius 3 is 2.67 bits per heavy atom. The van der Waals surface area contributed by atoms with Crippen LogP contribution in [-0.2, 0) is 14.8 Å². The standard InChI is InChI=1S/C8H8N2O4S/c9-15(13,14)4-1-2-6-5(3-4)7(11)8(12)10-6/h1-3,7,11H,(H,10,12)(H2,9,13,14)/t7-/m0/s1. The molecule has 0 bridgehead atoms. The summed E-state index contributed by atoms with van der Waals surface area (Å²) in [5, 5.41) is 16.7. The zero-order valence-corrected chi connectivity index (χ0v) is 8.28. The Labute approximate surface area is 85.8 Å². The van der Waals surface area contributed by atoms with Crippen LogP contribution in [0.5, 0.6) is 0 Å². The number of aliphatic hydroxyl groups excluding tert-OH is 1. The van der Waals surface area contributed by atoms with E-state index in [4.69, 9.17) is 5.14 Å². The molecular formula is C8H8N2O4S. The summed E-state index contributed by atoms with van der Waals surface area (Å²) in [6.07, 6.45) is -1.33. The number of hydrogen-bond donors (Lipinski definition) is 3. The summed E-state index contributed by atoms with van der Waals surface area (Å²) in [6, 6.07) is 3.85. The van der Waals surface area contributed by atoms with Gasteiger partial charge in [-0.25, -0.2) is 13.6 Å². The molecule has 0 unspecified atom stereocenters. The van der Waals surface area contributed by atoms with Crippen molar-refractivity contribution in [2.24, 2.45) is 5.14 Å². The molecule has 0 saturated carbocycles. The molecule has 15 heavy (non-hydrogen) atoms. The van der Waals surface area contributed by atoms with Crippen molar-refractivity contribution >= 4 is 21.6 Å². The van der Waals surface area contributed by atoms with Gasteiger partial charge in [-0.1, -0.05) is 0 Å². The number of benzene rings is 1. The van der Waals surface area contributed by atoms with Crippen molar-refractivity contribution < 1.29 is 18.3 Å². The Hall–Kier alpha value is -1.44. The smallest absolute Gasteiger partial charge is 0.257 e. The van der Waals surface area contributed by atoms with Gasteiger partial charge in [0, 0.05) is 11.3 Å². The first-order valence-electron chi connectivity index (χ1n) is 4.05. The molecule has 4 N–H and O–H groups in total. The molecule has 1 aliphatic heterocycles. The largest absolute Gasteiger partial charge is 0.378 e. The highest BCUT2D eigenvalue weighted by atomic mass is 32.2. The number of primary sulfonamides is 1. The van der Waals surface area contributed by atoms with Crippen LogP contribution in [0.15, 0.2) is 23.1 Å². The highest BCUT2D eigenvalue weighted by Gasteiger charge is 2.29. The molecule has 80 valence electrons. The molecule has 1 atom stereocenters. The molecule has 1 aromatic carbocycles. The topological polar surface area (TPSA) is 109 Å². The summed E-state index contributed by atoms with van der Waals surface area (Å²) in [5.41, 5.74) is 0.631. The number of aliphatic hydroxyl groups is 1. The van der Waals surface area contributed by atoms with Crippen LogP contribution in [0.2, 0.25) is 0 Å². The molecule has 0 fully saturated rings. The monoisotopic (exact) mass is 228 g/mol. The second-order valence-electron chi connectivity index (χ2n) is 3.19. The Morgan fingerprint density at radius 1 is 1.40 bits per heavy atom. The van der Waals surface area contributed by atoms with E-state index in [1.165, 1.54) is 18.2 Å². The van der Waals surface area contributed by atoms with Gasteiger partial charge < -0.3 is 10.4 Å². The van der Waals surface area contributed by atoms with Crippen molar-refractivity contribution in [1.29, 1.82) is 0 Å². The Morgan fingerprint density at radius 2 is 2.07 bits per heavy atom. The summed E-state index contributed by atoms with van der Waals surface area (Å²) in [5.74, 6) is -0.573. The molecule has 0 aliphatic carbocycles. The lowest BCUT2D eigenvalue weighted by molar-refractivity contribution is -0.123. The Bertz CT molecular complexity index is 538. The minimum Gasteiger partial charge on any atom is -0.378 e. The van der Waals surface area contributed by atoms with E-state index in [-0.39, 0.29) is 10.5 Å². The molecule has 1 amide bonds. The van der Waals surface area contributed by atoms with Crippen LogP contribution in [0.3, 0.4) is 0 Å². The third-order valence-corrected chi connectivity index (χ3v) is 3.06. The average Bonchev–Trinajstić information content (AvgIpc) is 2.41. The normalized spacial score (nSPS) is 19.9. The van der Waals surface area contributed by atoms with Crippen molar-refractivity contribution in [3.63, 3.8) is 0 Å². The lowest BCUT2D eigenvalue weighted by Crippen LogP contribution is -2.12. The number of carbonyl (C=O) groups is 1. The maximum absolute atomic E-state index is 11.1. The zero-order valence-electron chi connectivity index (χ0n) is 7.47. The summed E-state index contributed by atoms with van der Waals surface area (Å²) in [4.78, 5) is 10.9. The lowest BCUT2D eigenvalue weighted by atomic mass is 10.1. The number of anilines is 1. The third kappa shape index (κ3) is 1.60. The van der Waals surface area contributed by atoms with Crippen LogP contribution in [0, 0.1) is 0 Å². The van der Waals surface area contributed by atoms with Gasteiger partial charge in [-0.05, 0) is 18.2 Å². The van der Waals surface area contributed by atoms with Crippen LogP contribution in [-0.4, -0.2) is 19.4 Å². The fraction of sp³-hybridized carbons (Fsp3) is 0.125. The van der Waals surface area contributed by atoms with Crippen LogP contribution < -0.4 is 10.5 Å². The summed E-state index contributed by atoms with van der Waals surface area (Å²) < 4.78 is 22.0. The van der Waals surface area contributed by atoms with E-state index in [0.717, 1.165) is 0 Å². The van der Waals surface area contributed by atoms with Gasteiger partial charge >= 0.3 is 0 Å². The second kappa shape index (κ2) is 3.02. The number of sulfonamides is 1. The minimum atomic E-state index is -3.82. The molecule has 0 spiro atoms. The number of fused-ring (bicyclic) bond motifs is 1. The van der Waals surface area contributed by atoms with Gasteiger partial charge in [0.15, 0.2) is 6.10 Å². The molecule has 0 saturated heterocycles. The fourth-order valence-corrected chi connectivity index (χ4v) is 1.95. The third-order valence-electron chi connectivity index (χ3n) is 2.15. The number of rotatable bonds is 1. The molecule has 1 aliphatic rings. The van der Waals surface area contributed by atoms with E-state index in [9.17, 15) is 18.3 Å². The van der Waals surface area contributed by atoms with Crippen LogP contribution in [0.4, 0.5) is 5.69 Å². The van der Waals surface area contributed by atoms with Crippen molar-refractivity contribution in [2.45, 2.75) is 11.0 Å². The predicted octanol–water partition coefficient (Wildman–Crippen LogP) is -0.680. The molecule has 1 aromatic rings. The summed E-state index contributed by atoms with van der Waals surface area (Å²) >= 11 is 0. The first-order valence-corrected chi connectivity index (χ1v) is 5.60. The van der Waals surface area contributed by atoms with Gasteiger partial charge in [-0.3, -0.25) is 4.79 Å². The van der Waals surface area contributed by atoms with Crippen molar-refractivity contribution in [3.05, 3.63) is 23.8 Å². The summed E-state index contributed by atoms with van der Waals surface area (Å²) in [6.45, 7) is 0. The highest BCUT2D eigenvalue weighted by Crippen LogP contribution is 2.31. The molecule has 0 radical (unpaired) electrons. The first kappa shape index (κ1) is 10.1. The number of nitrogens with one attached hydrogen (secondary N) is 1. The molecule has 1 heterocycles. The van der Waals surface area contributed by atoms with Crippen molar-refractivity contribution in [1.82, 2.24) is 0 Å². The van der Waals surface area contributed by atoms with Crippen molar-refractivity contribution in [3.8, 4) is 0 Å². The van der Waals surface area contributed by atoms with Crippen LogP contribution in [0.1, 0.15) is 11.7 Å². The van der Waals surface area contributed by atoms with E-state index < -0.39 is 22.0 Å². The highest BCUT2D eigenvalue weighted by molar-refractivity contribution is 7.89. The molecule has 7 heteroatoms. The number of amides is 1. The van der Waals surface area contributed by atoms with E-state index in [1.54, 1.807) is 0 Å². The van der Waals surface area contributed by atoms with Crippen LogP contribution in [0.25, 0.3) is 0 Å². The van der Waals surface area contributed by atoms with Gasteiger partial charge in [0.05, 0.1) is 4.90 Å².